The van der Waals surface area contributed by atoms with Crippen molar-refractivity contribution < 1.29 is 5.11 Å². The molecule has 15 heavy (non-hydrogen) atoms. The van der Waals surface area contributed by atoms with Gasteiger partial charge in [-0.15, -0.1) is 0 Å². The van der Waals surface area contributed by atoms with E-state index < -0.39 is 0 Å². The van der Waals surface area contributed by atoms with Gasteiger partial charge in [0, 0.05) is 12.1 Å². The maximum absolute atomic E-state index is 9.45. The molecule has 1 aliphatic rings. The predicted octanol–water partition coefficient (Wildman–Crippen LogP) is 1.21. The summed E-state index contributed by atoms with van der Waals surface area (Å²) in [5, 5.41) is 9.45. The van der Waals surface area contributed by atoms with Gasteiger partial charge in [0.05, 0.1) is 6.61 Å². The van der Waals surface area contributed by atoms with E-state index in [4.69, 9.17) is 5.73 Å². The molecule has 2 unspecified atom stereocenters. The first-order chi connectivity index (χ1) is 7.24. The van der Waals surface area contributed by atoms with Crippen LogP contribution in [0.4, 0.5) is 0 Å². The summed E-state index contributed by atoms with van der Waals surface area (Å²) in [5.41, 5.74) is 6.18. The molecule has 1 rings (SSSR count). The number of hydrogen-bond acceptors (Lipinski definition) is 3. The molecular formula is C12H26N2O. The van der Waals surface area contributed by atoms with Crippen LogP contribution in [-0.2, 0) is 0 Å². The van der Waals surface area contributed by atoms with Crippen molar-refractivity contribution in [1.82, 2.24) is 4.90 Å². The van der Waals surface area contributed by atoms with Gasteiger partial charge in [-0.1, -0.05) is 20.3 Å². The number of nitrogens with two attached hydrogens (primary N) is 1. The van der Waals surface area contributed by atoms with E-state index in [1.807, 2.05) is 0 Å². The van der Waals surface area contributed by atoms with Crippen molar-refractivity contribution in [3.63, 3.8) is 0 Å². The highest BCUT2D eigenvalue weighted by Gasteiger charge is 2.35. The van der Waals surface area contributed by atoms with Gasteiger partial charge in [0.15, 0.2) is 0 Å². The average Bonchev–Trinajstić information content (AvgIpc) is 3.07. The Morgan fingerprint density at radius 2 is 2.07 bits per heavy atom. The minimum absolute atomic E-state index is 0.173. The third-order valence-corrected chi connectivity index (χ3v) is 3.47. The third-order valence-electron chi connectivity index (χ3n) is 3.47. The van der Waals surface area contributed by atoms with Crippen LogP contribution in [0.2, 0.25) is 0 Å². The number of likely N-dealkylation sites (N-methyl/N-ethyl adjacent to an activating group) is 1. The molecule has 0 spiro atoms. The summed E-state index contributed by atoms with van der Waals surface area (Å²) in [4.78, 5) is 2.34. The maximum atomic E-state index is 9.45. The lowest BCUT2D eigenvalue weighted by molar-refractivity contribution is 0.101. The normalized spacial score (nSPS) is 20.6. The SMILES string of the molecule is CCCCN(CC)C(CO)C(N)C1CC1. The molecule has 1 saturated carbocycles. The van der Waals surface area contributed by atoms with E-state index in [1.54, 1.807) is 0 Å². The summed E-state index contributed by atoms with van der Waals surface area (Å²) in [7, 11) is 0. The van der Waals surface area contributed by atoms with Crippen LogP contribution in [0.25, 0.3) is 0 Å². The lowest BCUT2D eigenvalue weighted by Gasteiger charge is -2.33. The second-order valence-electron chi connectivity index (χ2n) is 4.65. The summed E-state index contributed by atoms with van der Waals surface area (Å²) >= 11 is 0. The fourth-order valence-corrected chi connectivity index (χ4v) is 2.20. The second-order valence-corrected chi connectivity index (χ2v) is 4.65. The van der Waals surface area contributed by atoms with Crippen LogP contribution in [0.5, 0.6) is 0 Å². The van der Waals surface area contributed by atoms with Gasteiger partial charge in [-0.3, -0.25) is 4.90 Å². The van der Waals surface area contributed by atoms with Gasteiger partial charge in [-0.25, -0.2) is 0 Å². The molecule has 3 heteroatoms. The Kier molecular flexibility index (Phi) is 5.58. The lowest BCUT2D eigenvalue weighted by atomic mass is 10.0. The fourth-order valence-electron chi connectivity index (χ4n) is 2.20. The smallest absolute Gasteiger partial charge is 0.0602 e. The summed E-state index contributed by atoms with van der Waals surface area (Å²) < 4.78 is 0. The van der Waals surface area contributed by atoms with E-state index >= 15 is 0 Å². The van der Waals surface area contributed by atoms with Crippen LogP contribution in [-0.4, -0.2) is 41.8 Å². The van der Waals surface area contributed by atoms with E-state index in [1.165, 1.54) is 25.7 Å². The van der Waals surface area contributed by atoms with Crippen molar-refractivity contribution in [2.24, 2.45) is 11.7 Å². The molecule has 0 bridgehead atoms. The van der Waals surface area contributed by atoms with Crippen molar-refractivity contribution in [2.75, 3.05) is 19.7 Å². The number of unbranched alkanes of at least 4 members (excludes halogenated alkanes) is 1. The molecule has 0 saturated heterocycles. The number of nitrogens with zero attached hydrogens (tertiary/aromatic N) is 1. The summed E-state index contributed by atoms with van der Waals surface area (Å²) in [6, 6.07) is 0.348. The largest absolute Gasteiger partial charge is 0.395 e. The molecule has 0 aromatic heterocycles. The summed E-state index contributed by atoms with van der Waals surface area (Å²) in [6.45, 7) is 6.61. The first kappa shape index (κ1) is 12.9. The quantitative estimate of drug-likeness (QED) is 0.638. The third kappa shape index (κ3) is 3.74. The average molecular weight is 214 g/mol. The van der Waals surface area contributed by atoms with Crippen molar-refractivity contribution >= 4 is 0 Å². The summed E-state index contributed by atoms with van der Waals surface area (Å²) in [6.07, 6.45) is 4.90. The first-order valence-electron chi connectivity index (χ1n) is 6.35. The van der Waals surface area contributed by atoms with Gasteiger partial charge >= 0.3 is 0 Å². The van der Waals surface area contributed by atoms with Gasteiger partial charge in [0.2, 0.25) is 0 Å². The van der Waals surface area contributed by atoms with E-state index in [0.29, 0.717) is 5.92 Å². The Bertz CT molecular complexity index is 171. The van der Waals surface area contributed by atoms with Crippen LogP contribution < -0.4 is 5.73 Å². The Labute approximate surface area is 93.6 Å². The maximum Gasteiger partial charge on any atom is 0.0602 e. The van der Waals surface area contributed by atoms with Gasteiger partial charge in [-0.2, -0.15) is 0 Å². The van der Waals surface area contributed by atoms with Gasteiger partial charge in [-0.05, 0) is 38.3 Å². The van der Waals surface area contributed by atoms with E-state index in [2.05, 4.69) is 18.7 Å². The highest BCUT2D eigenvalue weighted by Crippen LogP contribution is 2.33. The lowest BCUT2D eigenvalue weighted by Crippen LogP contribution is -2.51. The van der Waals surface area contributed by atoms with Crippen LogP contribution in [0.1, 0.15) is 39.5 Å². The van der Waals surface area contributed by atoms with E-state index in [0.717, 1.165) is 13.1 Å². The predicted molar refractivity (Wildman–Crippen MR) is 63.7 cm³/mol. The molecular weight excluding hydrogens is 188 g/mol. The molecule has 3 N–H and O–H groups in total. The van der Waals surface area contributed by atoms with Gasteiger partial charge in [0.25, 0.3) is 0 Å². The molecule has 2 atom stereocenters. The molecule has 0 heterocycles. The minimum atomic E-state index is 0.173. The van der Waals surface area contributed by atoms with Crippen molar-refractivity contribution in [2.45, 2.75) is 51.6 Å². The Balaban J connectivity index is 2.44. The number of hydrogen-bond donors (Lipinski definition) is 2. The molecule has 0 aromatic rings. The fraction of sp³-hybridized carbons (Fsp3) is 1.00. The zero-order chi connectivity index (χ0) is 11.3. The Morgan fingerprint density at radius 1 is 1.40 bits per heavy atom. The standard InChI is InChI=1S/C12H26N2O/c1-3-5-8-14(4-2)11(9-15)12(13)10-6-7-10/h10-12,15H,3-9,13H2,1-2H3. The Morgan fingerprint density at radius 3 is 2.47 bits per heavy atom. The zero-order valence-electron chi connectivity index (χ0n) is 10.2. The summed E-state index contributed by atoms with van der Waals surface area (Å²) in [5.74, 6) is 0.665. The minimum Gasteiger partial charge on any atom is -0.395 e. The van der Waals surface area contributed by atoms with Crippen molar-refractivity contribution in [3.8, 4) is 0 Å². The Hall–Kier alpha value is -0.120. The van der Waals surface area contributed by atoms with Crippen LogP contribution in [0.15, 0.2) is 0 Å². The second kappa shape index (κ2) is 6.46. The highest BCUT2D eigenvalue weighted by atomic mass is 16.3. The molecule has 0 aromatic carbocycles. The molecule has 3 nitrogen and oxygen atoms in total. The molecule has 1 aliphatic carbocycles. The van der Waals surface area contributed by atoms with Gasteiger partial charge < -0.3 is 10.8 Å². The van der Waals surface area contributed by atoms with Crippen molar-refractivity contribution in [1.29, 1.82) is 0 Å². The monoisotopic (exact) mass is 214 g/mol. The zero-order valence-corrected chi connectivity index (χ0v) is 10.2. The van der Waals surface area contributed by atoms with Crippen LogP contribution in [0, 0.1) is 5.92 Å². The first-order valence-corrected chi connectivity index (χ1v) is 6.35. The van der Waals surface area contributed by atoms with Crippen molar-refractivity contribution in [3.05, 3.63) is 0 Å². The topological polar surface area (TPSA) is 49.5 Å². The number of aliphatic hydroxyl groups excluding tert-OH is 1. The number of rotatable bonds is 8. The molecule has 1 fully saturated rings. The molecule has 0 amide bonds. The molecule has 0 aliphatic heterocycles. The van der Waals surface area contributed by atoms with Crippen LogP contribution in [0.3, 0.4) is 0 Å². The van der Waals surface area contributed by atoms with E-state index in [-0.39, 0.29) is 18.7 Å². The molecule has 90 valence electrons. The number of aliphatic hydroxyl groups is 1. The van der Waals surface area contributed by atoms with Crippen LogP contribution >= 0.6 is 0 Å². The molecule has 0 radical (unpaired) electrons. The van der Waals surface area contributed by atoms with Gasteiger partial charge in [0.1, 0.15) is 0 Å². The highest BCUT2D eigenvalue weighted by molar-refractivity contribution is 4.92. The van der Waals surface area contributed by atoms with E-state index in [9.17, 15) is 5.11 Å².